The maximum absolute atomic E-state index is 12.1. The van der Waals surface area contributed by atoms with E-state index in [-0.39, 0.29) is 23.5 Å². The molecule has 2 aromatic rings. The second-order valence-electron chi connectivity index (χ2n) is 6.91. The zero-order valence-corrected chi connectivity index (χ0v) is 18.1. The lowest BCUT2D eigenvalue weighted by Gasteiger charge is -2.13. The van der Waals surface area contributed by atoms with Crippen LogP contribution >= 0.6 is 0 Å². The van der Waals surface area contributed by atoms with E-state index in [2.05, 4.69) is 11.3 Å². The Bertz CT molecular complexity index is 1190. The number of hydrogen-bond acceptors (Lipinski definition) is 8. The predicted molar refractivity (Wildman–Crippen MR) is 121 cm³/mol. The number of methoxy groups -OCH3 is 1. The molecule has 0 aliphatic carbocycles. The largest absolute Gasteiger partial charge is 0.469 e. The Morgan fingerprint density at radius 3 is 2.00 bits per heavy atom. The molecule has 9 nitrogen and oxygen atoms in total. The summed E-state index contributed by atoms with van der Waals surface area (Å²) >= 11 is 0. The number of ether oxygens (including phenoxy) is 3. The van der Waals surface area contributed by atoms with E-state index in [9.17, 15) is 24.0 Å². The molecule has 0 radical (unpaired) electrons. The molecular formula is C25H19NO8. The first-order chi connectivity index (χ1) is 16.3. The number of carbonyl (C=O) groups excluding carboxylic acids is 5. The van der Waals surface area contributed by atoms with E-state index in [1.165, 1.54) is 55.7 Å². The summed E-state index contributed by atoms with van der Waals surface area (Å²) in [4.78, 5) is 59.6. The number of nitrogens with zero attached hydrogens (tertiary/aromatic N) is 1. The van der Waals surface area contributed by atoms with Crippen LogP contribution in [0.5, 0.6) is 11.5 Å². The molecule has 9 heteroatoms. The molecule has 0 aromatic heterocycles. The maximum Gasteiger partial charge on any atom is 0.339 e. The zero-order chi connectivity index (χ0) is 24.7. The molecule has 1 aliphatic rings. The third kappa shape index (κ3) is 6.13. The van der Waals surface area contributed by atoms with Crippen molar-refractivity contribution in [2.45, 2.75) is 6.42 Å². The van der Waals surface area contributed by atoms with Gasteiger partial charge in [-0.15, -0.1) is 0 Å². The molecule has 1 heterocycles. The van der Waals surface area contributed by atoms with Gasteiger partial charge in [0.15, 0.2) is 0 Å². The van der Waals surface area contributed by atoms with Gasteiger partial charge >= 0.3 is 17.9 Å². The number of amides is 2. The van der Waals surface area contributed by atoms with Gasteiger partial charge in [-0.25, -0.2) is 14.5 Å². The molecular weight excluding hydrogens is 442 g/mol. The Labute approximate surface area is 194 Å². The van der Waals surface area contributed by atoms with Crippen LogP contribution in [-0.4, -0.2) is 36.8 Å². The minimum atomic E-state index is -0.779. The number of imide groups is 1. The van der Waals surface area contributed by atoms with Crippen LogP contribution in [0.1, 0.15) is 12.0 Å². The molecule has 2 amide bonds. The van der Waals surface area contributed by atoms with Crippen molar-refractivity contribution in [2.75, 3.05) is 12.0 Å². The quantitative estimate of drug-likeness (QED) is 0.255. The fourth-order valence-corrected chi connectivity index (χ4v) is 2.78. The minimum Gasteiger partial charge on any atom is -0.469 e. The van der Waals surface area contributed by atoms with E-state index < -0.39 is 29.7 Å². The number of esters is 3. The van der Waals surface area contributed by atoms with Crippen molar-refractivity contribution in [2.24, 2.45) is 0 Å². The highest BCUT2D eigenvalue weighted by Gasteiger charge is 2.24. The first-order valence-corrected chi connectivity index (χ1v) is 9.90. The Kier molecular flexibility index (Phi) is 7.50. The standard InChI is InChI=1S/C25H19NO8/c1-16(15-24(30)32-2)25(31)34-20-10-8-19(9-11-20)33-23(29)14-5-17-3-6-18(7-4-17)26-21(27)12-13-22(26)28/h3-14H,1,15H2,2H3/b14-5+. The molecule has 1 aliphatic heterocycles. The highest BCUT2D eigenvalue weighted by Crippen LogP contribution is 2.21. The SMILES string of the molecule is C=C(CC(=O)OC)C(=O)Oc1ccc(OC(=O)/C=C/c2ccc(N3C(=O)C=CC3=O)cc2)cc1. The van der Waals surface area contributed by atoms with Gasteiger partial charge in [0, 0.05) is 23.8 Å². The van der Waals surface area contributed by atoms with Crippen molar-refractivity contribution >= 4 is 41.5 Å². The summed E-state index contributed by atoms with van der Waals surface area (Å²) in [5, 5.41) is 0. The number of benzene rings is 2. The van der Waals surface area contributed by atoms with Crippen molar-refractivity contribution < 1.29 is 38.2 Å². The fourth-order valence-electron chi connectivity index (χ4n) is 2.78. The fraction of sp³-hybridized carbons (Fsp3) is 0.0800. The van der Waals surface area contributed by atoms with Crippen LogP contribution in [0, 0.1) is 0 Å². The number of hydrogen-bond donors (Lipinski definition) is 0. The van der Waals surface area contributed by atoms with Crippen LogP contribution in [0.15, 0.2) is 78.9 Å². The zero-order valence-electron chi connectivity index (χ0n) is 18.1. The maximum atomic E-state index is 12.1. The van der Waals surface area contributed by atoms with E-state index in [0.717, 1.165) is 4.90 Å². The van der Waals surface area contributed by atoms with Crippen molar-refractivity contribution in [3.8, 4) is 11.5 Å². The summed E-state index contributed by atoms with van der Waals surface area (Å²) in [6, 6.07) is 12.2. The van der Waals surface area contributed by atoms with Crippen LogP contribution in [0.2, 0.25) is 0 Å². The van der Waals surface area contributed by atoms with Crippen LogP contribution < -0.4 is 14.4 Å². The minimum absolute atomic E-state index is 0.0594. The lowest BCUT2D eigenvalue weighted by Crippen LogP contribution is -2.29. The van der Waals surface area contributed by atoms with Gasteiger partial charge in [-0.1, -0.05) is 18.7 Å². The van der Waals surface area contributed by atoms with Crippen molar-refractivity contribution in [3.05, 3.63) is 84.5 Å². The summed E-state index contributed by atoms with van der Waals surface area (Å²) in [5.74, 6) is -2.46. The molecule has 0 fully saturated rings. The predicted octanol–water partition coefficient (Wildman–Crippen LogP) is 2.76. The highest BCUT2D eigenvalue weighted by molar-refractivity contribution is 6.28. The monoisotopic (exact) mass is 461 g/mol. The van der Waals surface area contributed by atoms with Gasteiger partial charge in [0.05, 0.1) is 19.2 Å². The summed E-state index contributed by atoms with van der Waals surface area (Å²) in [6.07, 6.45) is 4.84. The van der Waals surface area contributed by atoms with E-state index >= 15 is 0 Å². The normalized spacial score (nSPS) is 12.7. The third-order valence-corrected chi connectivity index (χ3v) is 4.50. The summed E-state index contributed by atoms with van der Waals surface area (Å²) in [7, 11) is 1.20. The van der Waals surface area contributed by atoms with E-state index in [4.69, 9.17) is 9.47 Å². The molecule has 0 saturated carbocycles. The molecule has 0 atom stereocenters. The second kappa shape index (κ2) is 10.7. The van der Waals surface area contributed by atoms with Gasteiger partial charge in [-0.3, -0.25) is 14.4 Å². The smallest absolute Gasteiger partial charge is 0.339 e. The first-order valence-electron chi connectivity index (χ1n) is 9.90. The van der Waals surface area contributed by atoms with Crippen LogP contribution in [0.25, 0.3) is 6.08 Å². The van der Waals surface area contributed by atoms with E-state index in [1.807, 2.05) is 0 Å². The van der Waals surface area contributed by atoms with Gasteiger partial charge in [-0.2, -0.15) is 0 Å². The average Bonchev–Trinajstić information content (AvgIpc) is 3.17. The topological polar surface area (TPSA) is 116 Å². The van der Waals surface area contributed by atoms with Gasteiger partial charge in [0.1, 0.15) is 11.5 Å². The lowest BCUT2D eigenvalue weighted by molar-refractivity contribution is -0.141. The Morgan fingerprint density at radius 1 is 0.882 bits per heavy atom. The molecule has 0 saturated heterocycles. The lowest BCUT2D eigenvalue weighted by atomic mass is 10.2. The Hall–Kier alpha value is -4.79. The van der Waals surface area contributed by atoms with Crippen molar-refractivity contribution in [3.63, 3.8) is 0 Å². The molecule has 0 spiro atoms. The average molecular weight is 461 g/mol. The van der Waals surface area contributed by atoms with Crippen LogP contribution in [-0.2, 0) is 28.7 Å². The van der Waals surface area contributed by atoms with Gasteiger partial charge < -0.3 is 14.2 Å². The molecule has 0 unspecified atom stereocenters. The number of anilines is 1. The third-order valence-electron chi connectivity index (χ3n) is 4.50. The van der Waals surface area contributed by atoms with Gasteiger partial charge in [-0.05, 0) is 48.0 Å². The highest BCUT2D eigenvalue weighted by atomic mass is 16.5. The molecule has 2 aromatic carbocycles. The van der Waals surface area contributed by atoms with Crippen LogP contribution in [0.3, 0.4) is 0 Å². The molecule has 34 heavy (non-hydrogen) atoms. The van der Waals surface area contributed by atoms with Crippen LogP contribution in [0.4, 0.5) is 5.69 Å². The summed E-state index contributed by atoms with van der Waals surface area (Å²) < 4.78 is 14.8. The molecule has 0 N–H and O–H groups in total. The Balaban J connectivity index is 1.52. The van der Waals surface area contributed by atoms with E-state index in [0.29, 0.717) is 11.3 Å². The van der Waals surface area contributed by atoms with Crippen molar-refractivity contribution in [1.82, 2.24) is 0 Å². The number of carbonyl (C=O) groups is 5. The summed E-state index contributed by atoms with van der Waals surface area (Å²) in [6.45, 7) is 3.49. The number of rotatable bonds is 8. The molecule has 3 rings (SSSR count). The van der Waals surface area contributed by atoms with E-state index in [1.54, 1.807) is 24.3 Å². The van der Waals surface area contributed by atoms with Gasteiger partial charge in [0.2, 0.25) is 0 Å². The molecule has 0 bridgehead atoms. The van der Waals surface area contributed by atoms with Gasteiger partial charge in [0.25, 0.3) is 11.8 Å². The first kappa shape index (κ1) is 23.9. The molecule has 172 valence electrons. The second-order valence-corrected chi connectivity index (χ2v) is 6.91. The van der Waals surface area contributed by atoms with Crippen molar-refractivity contribution in [1.29, 1.82) is 0 Å². The Morgan fingerprint density at radius 2 is 1.44 bits per heavy atom. The summed E-state index contributed by atoms with van der Waals surface area (Å²) in [5.41, 5.74) is 1.02.